The number of halogens is 1. The molecule has 0 radical (unpaired) electrons. The van der Waals surface area contributed by atoms with Gasteiger partial charge in [-0.3, -0.25) is 0 Å². The van der Waals surface area contributed by atoms with Crippen LogP contribution in [0.15, 0.2) is 24.3 Å². The van der Waals surface area contributed by atoms with Crippen LogP contribution < -0.4 is 10.6 Å². The van der Waals surface area contributed by atoms with Crippen LogP contribution in [-0.2, 0) is 0 Å². The Labute approximate surface area is 106 Å². The molecule has 0 saturated carbocycles. The Morgan fingerprint density at radius 3 is 2.88 bits per heavy atom. The molecule has 1 heterocycles. The molecule has 1 saturated heterocycles. The van der Waals surface area contributed by atoms with Gasteiger partial charge < -0.3 is 10.6 Å². The maximum Gasteiger partial charge on any atom is 0.146 e. The van der Waals surface area contributed by atoms with Gasteiger partial charge in [-0.1, -0.05) is 12.1 Å². The predicted molar refractivity (Wildman–Crippen MR) is 73.1 cm³/mol. The predicted octanol–water partition coefficient (Wildman–Crippen LogP) is 2.34. The van der Waals surface area contributed by atoms with Gasteiger partial charge in [-0.2, -0.15) is 11.8 Å². The van der Waals surface area contributed by atoms with Crippen LogP contribution in [0, 0.1) is 11.7 Å². The zero-order valence-electron chi connectivity index (χ0n) is 10.1. The average Bonchev–Trinajstić information content (AvgIpc) is 2.84. The van der Waals surface area contributed by atoms with Crippen molar-refractivity contribution in [3.63, 3.8) is 0 Å². The van der Waals surface area contributed by atoms with Crippen molar-refractivity contribution in [3.8, 4) is 0 Å². The van der Waals surface area contributed by atoms with Crippen LogP contribution in [0.2, 0.25) is 0 Å². The Balaban J connectivity index is 2.16. The average molecular weight is 254 g/mol. The minimum Gasteiger partial charge on any atom is -0.368 e. The first-order valence-corrected chi connectivity index (χ1v) is 7.14. The lowest BCUT2D eigenvalue weighted by molar-refractivity contribution is 0.449. The standard InChI is InChI=1S/C13H19FN2S/c1-16(12-5-3-2-4-11(12)14)13(8-15)10-6-7-17-9-10/h2-5,10,13H,6-9,15H2,1H3. The highest BCUT2D eigenvalue weighted by Crippen LogP contribution is 2.30. The lowest BCUT2D eigenvalue weighted by Crippen LogP contribution is -2.44. The molecule has 1 aliphatic heterocycles. The van der Waals surface area contributed by atoms with Gasteiger partial charge in [-0.15, -0.1) is 0 Å². The molecule has 2 rings (SSSR count). The molecule has 4 heteroatoms. The zero-order chi connectivity index (χ0) is 12.3. The molecular weight excluding hydrogens is 235 g/mol. The van der Waals surface area contributed by atoms with E-state index >= 15 is 0 Å². The summed E-state index contributed by atoms with van der Waals surface area (Å²) in [6.45, 7) is 0.579. The van der Waals surface area contributed by atoms with Gasteiger partial charge in [0.15, 0.2) is 0 Å². The summed E-state index contributed by atoms with van der Waals surface area (Å²) in [5.41, 5.74) is 6.52. The number of nitrogens with zero attached hydrogens (tertiary/aromatic N) is 1. The Bertz CT molecular complexity index is 366. The van der Waals surface area contributed by atoms with Crippen molar-refractivity contribution in [3.05, 3.63) is 30.1 Å². The molecule has 1 aromatic rings. The van der Waals surface area contributed by atoms with Gasteiger partial charge in [0.1, 0.15) is 5.82 Å². The Hall–Kier alpha value is -0.740. The Kier molecular flexibility index (Phi) is 4.29. The van der Waals surface area contributed by atoms with Crippen LogP contribution >= 0.6 is 11.8 Å². The first kappa shape index (κ1) is 12.7. The van der Waals surface area contributed by atoms with Gasteiger partial charge in [-0.25, -0.2) is 4.39 Å². The van der Waals surface area contributed by atoms with E-state index < -0.39 is 0 Å². The van der Waals surface area contributed by atoms with Gasteiger partial charge >= 0.3 is 0 Å². The molecule has 1 fully saturated rings. The third kappa shape index (κ3) is 2.75. The molecule has 0 amide bonds. The quantitative estimate of drug-likeness (QED) is 0.894. The first-order chi connectivity index (χ1) is 8.24. The molecule has 0 aromatic heterocycles. The fraction of sp³-hybridized carbons (Fsp3) is 0.538. The molecule has 2 N–H and O–H groups in total. The Morgan fingerprint density at radius 2 is 2.29 bits per heavy atom. The molecule has 17 heavy (non-hydrogen) atoms. The van der Waals surface area contributed by atoms with E-state index in [1.807, 2.05) is 35.8 Å². The van der Waals surface area contributed by atoms with E-state index in [2.05, 4.69) is 0 Å². The van der Waals surface area contributed by atoms with E-state index in [1.165, 1.54) is 18.2 Å². The number of hydrogen-bond donors (Lipinski definition) is 1. The van der Waals surface area contributed by atoms with E-state index in [-0.39, 0.29) is 11.9 Å². The van der Waals surface area contributed by atoms with Crippen molar-refractivity contribution in [2.45, 2.75) is 12.5 Å². The van der Waals surface area contributed by atoms with Gasteiger partial charge in [-0.05, 0) is 36.0 Å². The number of thioether (sulfide) groups is 1. The van der Waals surface area contributed by atoms with Gasteiger partial charge in [0.2, 0.25) is 0 Å². The van der Waals surface area contributed by atoms with E-state index in [0.717, 1.165) is 5.75 Å². The van der Waals surface area contributed by atoms with E-state index in [4.69, 9.17) is 5.73 Å². The third-order valence-electron chi connectivity index (χ3n) is 3.48. The monoisotopic (exact) mass is 254 g/mol. The summed E-state index contributed by atoms with van der Waals surface area (Å²) in [5, 5.41) is 0. The molecule has 1 aromatic carbocycles. The SMILES string of the molecule is CN(c1ccccc1F)C(CN)C1CCSC1. The van der Waals surface area contributed by atoms with E-state index in [1.54, 1.807) is 6.07 Å². The molecule has 2 nitrogen and oxygen atoms in total. The number of hydrogen-bond acceptors (Lipinski definition) is 3. The van der Waals surface area contributed by atoms with Crippen LogP contribution in [0.4, 0.5) is 10.1 Å². The summed E-state index contributed by atoms with van der Waals surface area (Å²) in [6.07, 6.45) is 1.19. The minimum absolute atomic E-state index is 0.167. The number of rotatable bonds is 4. The summed E-state index contributed by atoms with van der Waals surface area (Å²) in [7, 11) is 1.94. The summed E-state index contributed by atoms with van der Waals surface area (Å²) in [6, 6.07) is 7.14. The van der Waals surface area contributed by atoms with Gasteiger partial charge in [0.05, 0.1) is 5.69 Å². The number of nitrogens with two attached hydrogens (primary N) is 1. The van der Waals surface area contributed by atoms with Crippen molar-refractivity contribution in [1.29, 1.82) is 0 Å². The number of benzene rings is 1. The minimum atomic E-state index is -0.167. The molecular formula is C13H19FN2S. The zero-order valence-corrected chi connectivity index (χ0v) is 10.9. The Morgan fingerprint density at radius 1 is 1.53 bits per heavy atom. The second kappa shape index (κ2) is 5.74. The number of para-hydroxylation sites is 1. The highest BCUT2D eigenvalue weighted by atomic mass is 32.2. The smallest absolute Gasteiger partial charge is 0.146 e. The molecule has 1 aliphatic rings. The van der Waals surface area contributed by atoms with Crippen molar-refractivity contribution in [2.75, 3.05) is 30.0 Å². The normalized spacial score (nSPS) is 21.5. The van der Waals surface area contributed by atoms with Crippen molar-refractivity contribution in [1.82, 2.24) is 0 Å². The number of likely N-dealkylation sites (N-methyl/N-ethyl adjacent to an activating group) is 1. The van der Waals surface area contributed by atoms with E-state index in [0.29, 0.717) is 18.2 Å². The molecule has 0 bridgehead atoms. The maximum atomic E-state index is 13.7. The van der Waals surface area contributed by atoms with Crippen LogP contribution in [0.1, 0.15) is 6.42 Å². The highest BCUT2D eigenvalue weighted by molar-refractivity contribution is 7.99. The lowest BCUT2D eigenvalue weighted by Gasteiger charge is -2.33. The fourth-order valence-corrected chi connectivity index (χ4v) is 3.77. The number of anilines is 1. The van der Waals surface area contributed by atoms with Crippen molar-refractivity contribution in [2.24, 2.45) is 11.7 Å². The summed E-state index contributed by atoms with van der Waals surface area (Å²) in [4.78, 5) is 2.01. The third-order valence-corrected chi connectivity index (χ3v) is 4.67. The molecule has 2 unspecified atom stereocenters. The summed E-state index contributed by atoms with van der Waals surface area (Å²) in [5.74, 6) is 2.75. The lowest BCUT2D eigenvalue weighted by atomic mass is 9.97. The maximum absolute atomic E-state index is 13.7. The van der Waals surface area contributed by atoms with E-state index in [9.17, 15) is 4.39 Å². The molecule has 0 spiro atoms. The molecule has 0 aliphatic carbocycles. The largest absolute Gasteiger partial charge is 0.368 e. The molecule has 94 valence electrons. The van der Waals surface area contributed by atoms with Gasteiger partial charge in [0, 0.05) is 19.6 Å². The molecule has 2 atom stereocenters. The summed E-state index contributed by atoms with van der Waals surface area (Å²) < 4.78 is 13.7. The second-order valence-corrected chi connectivity index (χ2v) is 5.64. The highest BCUT2D eigenvalue weighted by Gasteiger charge is 2.28. The van der Waals surface area contributed by atoms with Gasteiger partial charge in [0.25, 0.3) is 0 Å². The first-order valence-electron chi connectivity index (χ1n) is 5.99. The van der Waals surface area contributed by atoms with Crippen molar-refractivity contribution >= 4 is 17.4 Å². The van der Waals surface area contributed by atoms with Crippen LogP contribution in [0.3, 0.4) is 0 Å². The fourth-order valence-electron chi connectivity index (χ4n) is 2.44. The van der Waals surface area contributed by atoms with Crippen LogP contribution in [-0.4, -0.2) is 31.1 Å². The second-order valence-electron chi connectivity index (χ2n) is 4.49. The van der Waals surface area contributed by atoms with Crippen molar-refractivity contribution < 1.29 is 4.39 Å². The summed E-state index contributed by atoms with van der Waals surface area (Å²) >= 11 is 1.97. The van der Waals surface area contributed by atoms with Crippen LogP contribution in [0.5, 0.6) is 0 Å². The topological polar surface area (TPSA) is 29.3 Å². The van der Waals surface area contributed by atoms with Crippen LogP contribution in [0.25, 0.3) is 0 Å².